The Morgan fingerprint density at radius 2 is 2.00 bits per heavy atom. The highest BCUT2D eigenvalue weighted by molar-refractivity contribution is 5.87. The average molecular weight is 277 g/mol. The Balaban J connectivity index is 1.83. The number of ketones is 1. The van der Waals surface area contributed by atoms with Crippen LogP contribution in [0.3, 0.4) is 0 Å². The molecule has 0 aliphatic carbocycles. The topological polar surface area (TPSA) is 47.6 Å². The second-order valence-corrected chi connectivity index (χ2v) is 6.19. The monoisotopic (exact) mass is 277 g/mol. The van der Waals surface area contributed by atoms with Crippen LogP contribution in [0.2, 0.25) is 0 Å². The van der Waals surface area contributed by atoms with E-state index in [-0.39, 0.29) is 30.1 Å². The van der Waals surface area contributed by atoms with Crippen molar-refractivity contribution in [2.24, 2.45) is 0 Å². The number of hydrogen-bond acceptors (Lipinski definition) is 4. The summed E-state index contributed by atoms with van der Waals surface area (Å²) in [5, 5.41) is 3.31. The molecule has 1 N–H and O–H groups in total. The first-order valence-corrected chi connectivity index (χ1v) is 6.99. The number of carbonyl (C=O) groups excluding carboxylic acids is 1. The zero-order valence-electron chi connectivity index (χ0n) is 12.4. The Kier molecular flexibility index (Phi) is 4.91. The summed E-state index contributed by atoms with van der Waals surface area (Å²) in [5.74, 6) is 0.105. The van der Waals surface area contributed by atoms with Crippen LogP contribution in [0.25, 0.3) is 0 Å². The van der Waals surface area contributed by atoms with Crippen LogP contribution in [0.15, 0.2) is 30.3 Å². The van der Waals surface area contributed by atoms with Crippen molar-refractivity contribution in [1.82, 2.24) is 5.32 Å². The van der Waals surface area contributed by atoms with Gasteiger partial charge in [0.15, 0.2) is 5.78 Å². The second-order valence-electron chi connectivity index (χ2n) is 6.19. The standard InChI is InChI=1S/C16H23NO3/c1-16(2,3)17-15-13(18)10-20-14(15)11-19-9-12-7-5-4-6-8-12/h4-8,14-15,17H,9-11H2,1-3H3. The second kappa shape index (κ2) is 6.48. The Labute approximate surface area is 120 Å². The van der Waals surface area contributed by atoms with Gasteiger partial charge in [-0.1, -0.05) is 30.3 Å². The lowest BCUT2D eigenvalue weighted by Crippen LogP contribution is -2.51. The molecule has 0 saturated carbocycles. The summed E-state index contributed by atoms with van der Waals surface area (Å²) >= 11 is 0. The third-order valence-corrected chi connectivity index (χ3v) is 3.14. The fourth-order valence-corrected chi connectivity index (χ4v) is 2.23. The van der Waals surface area contributed by atoms with E-state index in [1.165, 1.54) is 0 Å². The largest absolute Gasteiger partial charge is 0.374 e. The summed E-state index contributed by atoms with van der Waals surface area (Å²) in [6.07, 6.45) is -0.203. The molecular formula is C16H23NO3. The summed E-state index contributed by atoms with van der Waals surface area (Å²) in [6.45, 7) is 7.26. The minimum absolute atomic E-state index is 0.105. The molecule has 0 radical (unpaired) electrons. The van der Waals surface area contributed by atoms with Crippen molar-refractivity contribution in [3.05, 3.63) is 35.9 Å². The van der Waals surface area contributed by atoms with E-state index in [9.17, 15) is 4.79 Å². The maximum absolute atomic E-state index is 11.9. The summed E-state index contributed by atoms with van der Waals surface area (Å²) in [6, 6.07) is 9.71. The summed E-state index contributed by atoms with van der Waals surface area (Å²) in [4.78, 5) is 11.9. The van der Waals surface area contributed by atoms with Gasteiger partial charge in [0.25, 0.3) is 0 Å². The molecule has 0 bridgehead atoms. The molecule has 2 atom stereocenters. The lowest BCUT2D eigenvalue weighted by molar-refractivity contribution is -0.119. The fraction of sp³-hybridized carbons (Fsp3) is 0.562. The average Bonchev–Trinajstić information content (AvgIpc) is 2.71. The predicted molar refractivity (Wildman–Crippen MR) is 77.5 cm³/mol. The van der Waals surface area contributed by atoms with Crippen LogP contribution < -0.4 is 5.32 Å². The molecule has 110 valence electrons. The van der Waals surface area contributed by atoms with Crippen molar-refractivity contribution in [1.29, 1.82) is 0 Å². The van der Waals surface area contributed by atoms with Gasteiger partial charge < -0.3 is 14.8 Å². The molecule has 1 saturated heterocycles. The summed E-state index contributed by atoms with van der Waals surface area (Å²) in [5.41, 5.74) is 1.00. The predicted octanol–water partition coefficient (Wildman–Crippen LogP) is 1.93. The molecule has 1 heterocycles. The molecule has 4 nitrogen and oxygen atoms in total. The first kappa shape index (κ1) is 15.2. The van der Waals surface area contributed by atoms with Crippen LogP contribution in [0.5, 0.6) is 0 Å². The normalized spacial score (nSPS) is 23.2. The van der Waals surface area contributed by atoms with Crippen LogP contribution >= 0.6 is 0 Å². The van der Waals surface area contributed by atoms with Crippen LogP contribution in [0, 0.1) is 0 Å². The lowest BCUT2D eigenvalue weighted by Gasteiger charge is -2.27. The number of carbonyl (C=O) groups is 1. The van der Waals surface area contributed by atoms with E-state index in [1.54, 1.807) is 0 Å². The minimum Gasteiger partial charge on any atom is -0.374 e. The van der Waals surface area contributed by atoms with Crippen LogP contribution in [-0.2, 0) is 20.9 Å². The van der Waals surface area contributed by atoms with E-state index in [0.29, 0.717) is 13.2 Å². The van der Waals surface area contributed by atoms with Gasteiger partial charge in [-0.2, -0.15) is 0 Å². The first-order chi connectivity index (χ1) is 9.46. The van der Waals surface area contributed by atoms with Crippen LogP contribution in [0.4, 0.5) is 0 Å². The zero-order valence-corrected chi connectivity index (χ0v) is 12.4. The molecule has 0 amide bonds. The van der Waals surface area contributed by atoms with Gasteiger partial charge >= 0.3 is 0 Å². The Bertz CT molecular complexity index is 439. The van der Waals surface area contributed by atoms with Gasteiger partial charge in [0.1, 0.15) is 12.7 Å². The molecule has 2 rings (SSSR count). The molecule has 1 aromatic carbocycles. The number of hydrogen-bond donors (Lipinski definition) is 1. The Morgan fingerprint density at radius 1 is 1.30 bits per heavy atom. The van der Waals surface area contributed by atoms with E-state index in [2.05, 4.69) is 5.32 Å². The Hall–Kier alpha value is -1.23. The highest BCUT2D eigenvalue weighted by Crippen LogP contribution is 2.15. The highest BCUT2D eigenvalue weighted by Gasteiger charge is 2.37. The quantitative estimate of drug-likeness (QED) is 0.893. The van der Waals surface area contributed by atoms with E-state index >= 15 is 0 Å². The molecule has 2 unspecified atom stereocenters. The third-order valence-electron chi connectivity index (χ3n) is 3.14. The smallest absolute Gasteiger partial charge is 0.178 e. The fourth-order valence-electron chi connectivity index (χ4n) is 2.23. The number of benzene rings is 1. The molecule has 4 heteroatoms. The van der Waals surface area contributed by atoms with Gasteiger partial charge in [0.2, 0.25) is 0 Å². The van der Waals surface area contributed by atoms with Crippen molar-refractivity contribution in [3.63, 3.8) is 0 Å². The number of rotatable bonds is 5. The van der Waals surface area contributed by atoms with Crippen LogP contribution in [-0.4, -0.2) is 36.7 Å². The van der Waals surface area contributed by atoms with Crippen molar-refractivity contribution < 1.29 is 14.3 Å². The van der Waals surface area contributed by atoms with E-state index in [0.717, 1.165) is 5.56 Å². The first-order valence-electron chi connectivity index (χ1n) is 6.99. The molecule has 1 aliphatic rings. The van der Waals surface area contributed by atoms with Crippen molar-refractivity contribution in [3.8, 4) is 0 Å². The lowest BCUT2D eigenvalue weighted by atomic mass is 10.0. The molecule has 1 aromatic rings. The number of nitrogens with one attached hydrogen (secondary N) is 1. The summed E-state index contributed by atoms with van der Waals surface area (Å²) < 4.78 is 11.2. The van der Waals surface area contributed by atoms with Gasteiger partial charge in [0, 0.05) is 5.54 Å². The SMILES string of the molecule is CC(C)(C)NC1C(=O)COC1COCc1ccccc1. The third kappa shape index (κ3) is 4.40. The molecule has 1 fully saturated rings. The molecule has 1 aliphatic heterocycles. The van der Waals surface area contributed by atoms with Gasteiger partial charge in [-0.25, -0.2) is 0 Å². The minimum atomic E-state index is -0.272. The zero-order chi connectivity index (χ0) is 14.6. The van der Waals surface area contributed by atoms with Crippen molar-refractivity contribution in [2.45, 2.75) is 45.1 Å². The van der Waals surface area contributed by atoms with Gasteiger partial charge in [-0.05, 0) is 26.3 Å². The number of ether oxygens (including phenoxy) is 2. The maximum atomic E-state index is 11.9. The van der Waals surface area contributed by atoms with Crippen LogP contribution in [0.1, 0.15) is 26.3 Å². The highest BCUT2D eigenvalue weighted by atomic mass is 16.5. The Morgan fingerprint density at radius 3 is 2.65 bits per heavy atom. The van der Waals surface area contributed by atoms with E-state index < -0.39 is 0 Å². The maximum Gasteiger partial charge on any atom is 0.178 e. The van der Waals surface area contributed by atoms with Crippen molar-refractivity contribution >= 4 is 5.78 Å². The molecule has 0 spiro atoms. The molecule has 0 aromatic heterocycles. The molecule has 20 heavy (non-hydrogen) atoms. The van der Waals surface area contributed by atoms with Gasteiger partial charge in [-0.3, -0.25) is 4.79 Å². The molecular weight excluding hydrogens is 254 g/mol. The van der Waals surface area contributed by atoms with Crippen molar-refractivity contribution in [2.75, 3.05) is 13.2 Å². The summed E-state index contributed by atoms with van der Waals surface area (Å²) in [7, 11) is 0. The van der Waals surface area contributed by atoms with E-state index in [4.69, 9.17) is 9.47 Å². The van der Waals surface area contributed by atoms with E-state index in [1.807, 2.05) is 51.1 Å². The number of Topliss-reactive ketones (excluding diaryl/α,β-unsaturated/α-hetero) is 1. The van der Waals surface area contributed by atoms with Gasteiger partial charge in [-0.15, -0.1) is 0 Å². The van der Waals surface area contributed by atoms with Gasteiger partial charge in [0.05, 0.1) is 19.3 Å².